The molecule has 1 rings (SSSR count). The Kier molecular flexibility index (Phi) is 4.47. The van der Waals surface area contributed by atoms with Gasteiger partial charge in [0.25, 0.3) is 0 Å². The maximum atomic E-state index is 2.52. The highest BCUT2D eigenvalue weighted by molar-refractivity contribution is 4.88. The van der Waals surface area contributed by atoms with Crippen molar-refractivity contribution in [3.8, 4) is 0 Å². The lowest BCUT2D eigenvalue weighted by Crippen LogP contribution is -2.31. The predicted octanol–water partition coefficient (Wildman–Crippen LogP) is 5.03. The summed E-state index contributed by atoms with van der Waals surface area (Å²) >= 11 is 0. The molecule has 0 amide bonds. The van der Waals surface area contributed by atoms with Gasteiger partial charge in [-0.25, -0.2) is 0 Å². The summed E-state index contributed by atoms with van der Waals surface area (Å²) in [5.74, 6) is 1.95. The molecule has 14 heavy (non-hydrogen) atoms. The molecule has 0 aromatic rings. The summed E-state index contributed by atoms with van der Waals surface area (Å²) in [6, 6.07) is 0. The number of hydrogen-bond donors (Lipinski definition) is 0. The van der Waals surface area contributed by atoms with Crippen molar-refractivity contribution in [2.75, 3.05) is 0 Å². The molecule has 1 fully saturated rings. The van der Waals surface area contributed by atoms with Crippen LogP contribution in [0.25, 0.3) is 0 Å². The summed E-state index contributed by atoms with van der Waals surface area (Å²) in [5.41, 5.74) is 0.678. The molecule has 0 bridgehead atoms. The van der Waals surface area contributed by atoms with Crippen LogP contribution in [0.2, 0.25) is 0 Å². The number of rotatable bonds is 3. The average Bonchev–Trinajstić information content (AvgIpc) is 2.38. The van der Waals surface area contributed by atoms with Crippen molar-refractivity contribution in [1.82, 2.24) is 0 Å². The van der Waals surface area contributed by atoms with Crippen LogP contribution in [-0.2, 0) is 0 Å². The molecule has 1 saturated carbocycles. The molecule has 0 heteroatoms. The first-order valence-corrected chi connectivity index (χ1v) is 6.70. The zero-order valence-corrected chi connectivity index (χ0v) is 10.6. The summed E-state index contributed by atoms with van der Waals surface area (Å²) in [6.45, 7) is 9.70. The summed E-state index contributed by atoms with van der Waals surface area (Å²) in [6.07, 6.45) is 10.1. The van der Waals surface area contributed by atoms with Crippen LogP contribution >= 0.6 is 0 Å². The van der Waals surface area contributed by atoms with E-state index in [-0.39, 0.29) is 0 Å². The van der Waals surface area contributed by atoms with Crippen molar-refractivity contribution < 1.29 is 0 Å². The van der Waals surface area contributed by atoms with Gasteiger partial charge in [0.15, 0.2) is 0 Å². The maximum Gasteiger partial charge on any atom is -0.0274 e. The quantitative estimate of drug-likeness (QED) is 0.555. The van der Waals surface area contributed by atoms with Crippen molar-refractivity contribution in [3.63, 3.8) is 0 Å². The number of hydrogen-bond acceptors (Lipinski definition) is 0. The lowest BCUT2D eigenvalue weighted by atomic mass is 9.65. The molecule has 0 radical (unpaired) electrons. The first-order chi connectivity index (χ1) is 6.70. The van der Waals surface area contributed by atoms with E-state index in [0.717, 1.165) is 11.8 Å². The summed E-state index contributed by atoms with van der Waals surface area (Å²) < 4.78 is 0. The van der Waals surface area contributed by atoms with Crippen LogP contribution in [-0.4, -0.2) is 0 Å². The van der Waals surface area contributed by atoms with Gasteiger partial charge in [-0.3, -0.25) is 0 Å². The highest BCUT2D eigenvalue weighted by Crippen LogP contribution is 2.48. The van der Waals surface area contributed by atoms with Gasteiger partial charge >= 0.3 is 0 Å². The predicted molar refractivity (Wildman–Crippen MR) is 64.4 cm³/mol. The second-order valence-electron chi connectivity index (χ2n) is 5.27. The van der Waals surface area contributed by atoms with Gasteiger partial charge in [-0.05, 0) is 23.7 Å². The molecule has 0 N–H and O–H groups in total. The first kappa shape index (κ1) is 12.1. The van der Waals surface area contributed by atoms with E-state index in [1.807, 2.05) is 0 Å². The molecule has 0 aromatic heterocycles. The van der Waals surface area contributed by atoms with Crippen molar-refractivity contribution in [1.29, 1.82) is 0 Å². The lowest BCUT2D eigenvalue weighted by molar-refractivity contribution is 0.0999. The zero-order chi connectivity index (χ0) is 10.6. The Bertz CT molecular complexity index is 155. The Balaban J connectivity index is 2.80. The fraction of sp³-hybridized carbons (Fsp3) is 1.00. The van der Waals surface area contributed by atoms with E-state index in [4.69, 9.17) is 0 Å². The van der Waals surface area contributed by atoms with Gasteiger partial charge in [-0.15, -0.1) is 0 Å². The van der Waals surface area contributed by atoms with Crippen LogP contribution in [0.4, 0.5) is 0 Å². The Morgan fingerprint density at radius 1 is 1.07 bits per heavy atom. The largest absolute Gasteiger partial charge is 0.0651 e. The van der Waals surface area contributed by atoms with Crippen LogP contribution in [0.15, 0.2) is 0 Å². The molecule has 2 atom stereocenters. The third kappa shape index (κ3) is 2.15. The zero-order valence-electron chi connectivity index (χ0n) is 10.6. The van der Waals surface area contributed by atoms with E-state index in [0.29, 0.717) is 5.41 Å². The van der Waals surface area contributed by atoms with Crippen LogP contribution < -0.4 is 0 Å². The van der Waals surface area contributed by atoms with E-state index >= 15 is 0 Å². The third-order valence-corrected chi connectivity index (χ3v) is 5.11. The SMILES string of the molecule is CCC1CCCCC(CC)(CC)C1C. The summed E-state index contributed by atoms with van der Waals surface area (Å²) in [5, 5.41) is 0. The first-order valence-electron chi connectivity index (χ1n) is 6.70. The van der Waals surface area contributed by atoms with Crippen LogP contribution in [0.1, 0.15) is 72.6 Å². The highest BCUT2D eigenvalue weighted by atomic mass is 14.4. The molecule has 0 spiro atoms. The van der Waals surface area contributed by atoms with Gasteiger partial charge in [0.2, 0.25) is 0 Å². The standard InChI is InChI=1S/C14H28/c1-5-13-10-8-9-11-14(6-2,7-3)12(13)4/h12-13H,5-11H2,1-4H3. The van der Waals surface area contributed by atoms with Crippen LogP contribution in [0.5, 0.6) is 0 Å². The minimum Gasteiger partial charge on any atom is -0.0651 e. The Morgan fingerprint density at radius 2 is 1.71 bits per heavy atom. The van der Waals surface area contributed by atoms with Gasteiger partial charge in [0, 0.05) is 0 Å². The molecule has 0 nitrogen and oxygen atoms in total. The minimum atomic E-state index is 0.678. The fourth-order valence-corrected chi connectivity index (χ4v) is 3.67. The molecule has 1 aliphatic rings. The van der Waals surface area contributed by atoms with Gasteiger partial charge < -0.3 is 0 Å². The Morgan fingerprint density at radius 3 is 2.21 bits per heavy atom. The fourth-order valence-electron chi connectivity index (χ4n) is 3.67. The topological polar surface area (TPSA) is 0 Å². The molecule has 84 valence electrons. The Labute approximate surface area is 90.5 Å². The molecule has 1 aliphatic carbocycles. The monoisotopic (exact) mass is 196 g/mol. The lowest BCUT2D eigenvalue weighted by Gasteiger charge is -2.40. The molecule has 0 heterocycles. The van der Waals surface area contributed by atoms with Gasteiger partial charge in [0.1, 0.15) is 0 Å². The second-order valence-corrected chi connectivity index (χ2v) is 5.27. The maximum absolute atomic E-state index is 2.52. The van der Waals surface area contributed by atoms with E-state index in [1.165, 1.54) is 44.9 Å². The molecule has 0 saturated heterocycles. The summed E-state index contributed by atoms with van der Waals surface area (Å²) in [4.78, 5) is 0. The van der Waals surface area contributed by atoms with Crippen molar-refractivity contribution in [2.24, 2.45) is 17.3 Å². The van der Waals surface area contributed by atoms with Crippen LogP contribution in [0, 0.1) is 17.3 Å². The molecule has 2 unspecified atom stereocenters. The molecular formula is C14H28. The van der Waals surface area contributed by atoms with Gasteiger partial charge in [-0.2, -0.15) is 0 Å². The normalized spacial score (nSPS) is 32.6. The second kappa shape index (κ2) is 5.19. The smallest absolute Gasteiger partial charge is 0.0274 e. The molecular weight excluding hydrogens is 168 g/mol. The van der Waals surface area contributed by atoms with E-state index in [9.17, 15) is 0 Å². The van der Waals surface area contributed by atoms with Crippen molar-refractivity contribution in [3.05, 3.63) is 0 Å². The summed E-state index contributed by atoms with van der Waals surface area (Å²) in [7, 11) is 0. The Hall–Kier alpha value is 0. The highest BCUT2D eigenvalue weighted by Gasteiger charge is 2.37. The minimum absolute atomic E-state index is 0.678. The van der Waals surface area contributed by atoms with E-state index in [2.05, 4.69) is 27.7 Å². The van der Waals surface area contributed by atoms with Crippen molar-refractivity contribution in [2.45, 2.75) is 72.6 Å². The average molecular weight is 196 g/mol. The van der Waals surface area contributed by atoms with Gasteiger partial charge in [-0.1, -0.05) is 66.2 Å². The van der Waals surface area contributed by atoms with Crippen LogP contribution in [0.3, 0.4) is 0 Å². The van der Waals surface area contributed by atoms with E-state index in [1.54, 1.807) is 0 Å². The molecule has 0 aromatic carbocycles. The molecule has 0 aliphatic heterocycles. The van der Waals surface area contributed by atoms with E-state index < -0.39 is 0 Å². The van der Waals surface area contributed by atoms with Crippen molar-refractivity contribution >= 4 is 0 Å². The van der Waals surface area contributed by atoms with Gasteiger partial charge in [0.05, 0.1) is 0 Å². The third-order valence-electron chi connectivity index (χ3n) is 5.11.